The van der Waals surface area contributed by atoms with Crippen molar-refractivity contribution >= 4 is 11.4 Å². The van der Waals surface area contributed by atoms with Crippen LogP contribution in [-0.2, 0) is 0 Å². The second-order valence-electron chi connectivity index (χ2n) is 2.87. The number of nitrogens with one attached hydrogen (secondary N) is 1. The van der Waals surface area contributed by atoms with Crippen LogP contribution in [0.4, 0.5) is 11.4 Å². The number of anilines is 2. The number of nitrogens with two attached hydrogens (primary N) is 1. The molecule has 0 aromatic heterocycles. The van der Waals surface area contributed by atoms with Crippen molar-refractivity contribution in [1.29, 1.82) is 0 Å². The lowest BCUT2D eigenvalue weighted by Crippen LogP contribution is -2.03. The Morgan fingerprint density at radius 3 is 2.75 bits per heavy atom. The van der Waals surface area contributed by atoms with Gasteiger partial charge in [0.25, 0.3) is 0 Å². The molecular weight excluding hydrogens is 148 g/mol. The molecule has 0 bridgehead atoms. The number of rotatable bonds is 4. The predicted octanol–water partition coefficient (Wildman–Crippen LogP) is 2.48. The number of benzene rings is 1. The molecule has 0 unspecified atom stereocenters. The Hall–Kier alpha value is -1.18. The molecule has 12 heavy (non-hydrogen) atoms. The van der Waals surface area contributed by atoms with Crippen LogP contribution in [0.3, 0.4) is 0 Å². The zero-order valence-corrected chi connectivity index (χ0v) is 7.51. The molecular formula is C10H16N2. The molecule has 2 heteroatoms. The van der Waals surface area contributed by atoms with E-state index < -0.39 is 0 Å². The molecule has 66 valence electrons. The van der Waals surface area contributed by atoms with E-state index >= 15 is 0 Å². The van der Waals surface area contributed by atoms with Crippen LogP contribution < -0.4 is 11.1 Å². The van der Waals surface area contributed by atoms with Gasteiger partial charge in [-0.2, -0.15) is 0 Å². The van der Waals surface area contributed by atoms with E-state index in [0.29, 0.717) is 0 Å². The zero-order valence-electron chi connectivity index (χ0n) is 7.51. The Labute approximate surface area is 73.8 Å². The number of hydrogen-bond acceptors (Lipinski definition) is 2. The summed E-state index contributed by atoms with van der Waals surface area (Å²) in [5.41, 5.74) is 7.61. The average molecular weight is 164 g/mol. The highest BCUT2D eigenvalue weighted by Gasteiger charge is 1.93. The quantitative estimate of drug-likeness (QED) is 0.530. The predicted molar refractivity (Wildman–Crippen MR) is 54.3 cm³/mol. The molecule has 0 spiro atoms. The highest BCUT2D eigenvalue weighted by atomic mass is 14.9. The Kier molecular flexibility index (Phi) is 3.45. The minimum Gasteiger partial charge on any atom is -0.397 e. The fourth-order valence-corrected chi connectivity index (χ4v) is 1.06. The topological polar surface area (TPSA) is 38.0 Å². The Morgan fingerprint density at radius 1 is 1.33 bits per heavy atom. The van der Waals surface area contributed by atoms with Gasteiger partial charge in [-0.25, -0.2) is 0 Å². The third-order valence-corrected chi connectivity index (χ3v) is 1.81. The molecule has 0 fully saturated rings. The Bertz CT molecular complexity index is 233. The number of para-hydroxylation sites is 2. The van der Waals surface area contributed by atoms with E-state index in [1.165, 1.54) is 12.8 Å². The molecule has 1 rings (SSSR count). The minimum absolute atomic E-state index is 0.827. The number of unbranched alkanes of at least 4 members (excludes halogenated alkanes) is 1. The molecule has 1 aromatic carbocycles. The minimum atomic E-state index is 0.827. The van der Waals surface area contributed by atoms with Gasteiger partial charge in [0.05, 0.1) is 11.4 Å². The normalized spacial score (nSPS) is 9.75. The highest BCUT2D eigenvalue weighted by molar-refractivity contribution is 5.65. The van der Waals surface area contributed by atoms with Crippen LogP contribution in [0.25, 0.3) is 0 Å². The van der Waals surface area contributed by atoms with E-state index in [9.17, 15) is 0 Å². The van der Waals surface area contributed by atoms with Crippen LogP contribution in [-0.4, -0.2) is 6.54 Å². The van der Waals surface area contributed by atoms with Gasteiger partial charge >= 0.3 is 0 Å². The molecule has 0 aliphatic rings. The highest BCUT2D eigenvalue weighted by Crippen LogP contribution is 2.16. The summed E-state index contributed by atoms with van der Waals surface area (Å²) in [6.07, 6.45) is 2.40. The summed E-state index contributed by atoms with van der Waals surface area (Å²) in [5.74, 6) is 0. The Balaban J connectivity index is 2.46. The molecule has 0 amide bonds. The standard InChI is InChI=1S/C10H16N2/c1-2-3-8-12-10-7-5-4-6-9(10)11/h4-7,12H,2-3,8,11H2,1H3. The fraction of sp³-hybridized carbons (Fsp3) is 0.400. The molecule has 0 heterocycles. The molecule has 0 saturated heterocycles. The van der Waals surface area contributed by atoms with Crippen molar-refractivity contribution in [2.75, 3.05) is 17.6 Å². The molecule has 3 N–H and O–H groups in total. The van der Waals surface area contributed by atoms with Crippen LogP contribution in [0.1, 0.15) is 19.8 Å². The van der Waals surface area contributed by atoms with Crippen LogP contribution in [0, 0.1) is 0 Å². The van der Waals surface area contributed by atoms with Gasteiger partial charge in [0, 0.05) is 6.54 Å². The van der Waals surface area contributed by atoms with Gasteiger partial charge in [-0.1, -0.05) is 25.5 Å². The zero-order chi connectivity index (χ0) is 8.81. The molecule has 0 aliphatic carbocycles. The van der Waals surface area contributed by atoms with Gasteiger partial charge in [-0.15, -0.1) is 0 Å². The van der Waals surface area contributed by atoms with Gasteiger partial charge in [0.1, 0.15) is 0 Å². The van der Waals surface area contributed by atoms with Gasteiger partial charge in [-0.05, 0) is 18.6 Å². The summed E-state index contributed by atoms with van der Waals surface area (Å²) >= 11 is 0. The molecule has 2 nitrogen and oxygen atoms in total. The maximum absolute atomic E-state index is 5.74. The second kappa shape index (κ2) is 4.65. The lowest BCUT2D eigenvalue weighted by atomic mass is 10.2. The first-order chi connectivity index (χ1) is 5.84. The van der Waals surface area contributed by atoms with Crippen LogP contribution in [0.2, 0.25) is 0 Å². The van der Waals surface area contributed by atoms with Crippen LogP contribution >= 0.6 is 0 Å². The van der Waals surface area contributed by atoms with E-state index in [-0.39, 0.29) is 0 Å². The fourth-order valence-electron chi connectivity index (χ4n) is 1.06. The SMILES string of the molecule is CCCCNc1ccccc1N. The van der Waals surface area contributed by atoms with Crippen molar-refractivity contribution in [1.82, 2.24) is 0 Å². The summed E-state index contributed by atoms with van der Waals surface area (Å²) in [7, 11) is 0. The molecule has 0 saturated carbocycles. The molecule has 0 aliphatic heterocycles. The van der Waals surface area contributed by atoms with Crippen molar-refractivity contribution in [2.45, 2.75) is 19.8 Å². The first-order valence-corrected chi connectivity index (χ1v) is 4.43. The molecule has 1 aromatic rings. The van der Waals surface area contributed by atoms with Crippen molar-refractivity contribution < 1.29 is 0 Å². The summed E-state index contributed by atoms with van der Waals surface area (Å²) < 4.78 is 0. The average Bonchev–Trinajstić information content (AvgIpc) is 2.09. The molecule has 0 radical (unpaired) electrons. The molecule has 0 atom stereocenters. The Morgan fingerprint density at radius 2 is 2.08 bits per heavy atom. The van der Waals surface area contributed by atoms with Gasteiger partial charge in [-0.3, -0.25) is 0 Å². The summed E-state index contributed by atoms with van der Waals surface area (Å²) in [6.45, 7) is 3.18. The van der Waals surface area contributed by atoms with Gasteiger partial charge in [0.15, 0.2) is 0 Å². The summed E-state index contributed by atoms with van der Waals surface area (Å²) in [5, 5.41) is 3.29. The third kappa shape index (κ3) is 2.46. The van der Waals surface area contributed by atoms with Gasteiger partial charge < -0.3 is 11.1 Å². The first-order valence-electron chi connectivity index (χ1n) is 4.43. The van der Waals surface area contributed by atoms with Gasteiger partial charge in [0.2, 0.25) is 0 Å². The van der Waals surface area contributed by atoms with Crippen molar-refractivity contribution in [3.8, 4) is 0 Å². The summed E-state index contributed by atoms with van der Waals surface area (Å²) in [4.78, 5) is 0. The number of nitrogen functional groups attached to an aromatic ring is 1. The van der Waals surface area contributed by atoms with Crippen molar-refractivity contribution in [3.63, 3.8) is 0 Å². The van der Waals surface area contributed by atoms with E-state index in [4.69, 9.17) is 5.73 Å². The third-order valence-electron chi connectivity index (χ3n) is 1.81. The van der Waals surface area contributed by atoms with E-state index in [1.807, 2.05) is 24.3 Å². The monoisotopic (exact) mass is 164 g/mol. The van der Waals surface area contributed by atoms with E-state index in [2.05, 4.69) is 12.2 Å². The van der Waals surface area contributed by atoms with Crippen molar-refractivity contribution in [3.05, 3.63) is 24.3 Å². The smallest absolute Gasteiger partial charge is 0.0573 e. The summed E-state index contributed by atoms with van der Waals surface area (Å²) in [6, 6.07) is 7.85. The first kappa shape index (κ1) is 8.91. The van der Waals surface area contributed by atoms with Crippen LogP contribution in [0.15, 0.2) is 24.3 Å². The maximum atomic E-state index is 5.74. The lowest BCUT2D eigenvalue weighted by molar-refractivity contribution is 0.834. The van der Waals surface area contributed by atoms with Crippen LogP contribution in [0.5, 0.6) is 0 Å². The largest absolute Gasteiger partial charge is 0.397 e. The van der Waals surface area contributed by atoms with E-state index in [0.717, 1.165) is 17.9 Å². The van der Waals surface area contributed by atoms with E-state index in [1.54, 1.807) is 0 Å². The lowest BCUT2D eigenvalue weighted by Gasteiger charge is -2.07. The maximum Gasteiger partial charge on any atom is 0.0573 e. The number of hydrogen-bond donors (Lipinski definition) is 2. The van der Waals surface area contributed by atoms with Crippen molar-refractivity contribution in [2.24, 2.45) is 0 Å². The second-order valence-corrected chi connectivity index (χ2v) is 2.87.